The Morgan fingerprint density at radius 1 is 1.39 bits per heavy atom. The standard InChI is InChI=1S/C12H14Cl2N2OS/c1-7-6-18-8(2)16(7)12(17)15-9-3-4-10(13)11(14)5-9/h3-5,7-8H,6H2,1-2H3,(H,15,17). The normalized spacial score (nSPS) is 23.2. The molecule has 0 aromatic heterocycles. The Labute approximate surface area is 121 Å². The second-order valence-corrected chi connectivity index (χ2v) is 6.41. The fourth-order valence-corrected chi connectivity index (χ4v) is 3.40. The van der Waals surface area contributed by atoms with Gasteiger partial charge >= 0.3 is 6.03 Å². The SMILES string of the molecule is CC1CSC(C)N1C(=O)Nc1ccc(Cl)c(Cl)c1. The van der Waals surface area contributed by atoms with Gasteiger partial charge in [0.25, 0.3) is 0 Å². The van der Waals surface area contributed by atoms with Crippen molar-refractivity contribution in [2.75, 3.05) is 11.1 Å². The maximum atomic E-state index is 12.2. The molecule has 2 atom stereocenters. The van der Waals surface area contributed by atoms with Crippen LogP contribution in [-0.4, -0.2) is 28.1 Å². The lowest BCUT2D eigenvalue weighted by molar-refractivity contribution is 0.201. The van der Waals surface area contributed by atoms with Crippen molar-refractivity contribution in [2.45, 2.75) is 25.3 Å². The van der Waals surface area contributed by atoms with E-state index in [0.29, 0.717) is 15.7 Å². The first-order valence-electron chi connectivity index (χ1n) is 5.65. The Kier molecular flexibility index (Phi) is 4.30. The van der Waals surface area contributed by atoms with Gasteiger partial charge in [-0.1, -0.05) is 23.2 Å². The number of benzene rings is 1. The van der Waals surface area contributed by atoms with Crippen molar-refractivity contribution in [3.8, 4) is 0 Å². The van der Waals surface area contributed by atoms with E-state index in [1.165, 1.54) is 0 Å². The van der Waals surface area contributed by atoms with Crippen LogP contribution in [0.4, 0.5) is 10.5 Å². The minimum Gasteiger partial charge on any atom is -0.309 e. The number of carbonyl (C=O) groups is 1. The summed E-state index contributed by atoms with van der Waals surface area (Å²) in [6, 6.07) is 5.21. The molecular formula is C12H14Cl2N2OS. The van der Waals surface area contributed by atoms with Crippen molar-refractivity contribution < 1.29 is 4.79 Å². The number of thioether (sulfide) groups is 1. The van der Waals surface area contributed by atoms with Gasteiger partial charge in [0.1, 0.15) is 0 Å². The van der Waals surface area contributed by atoms with Crippen molar-refractivity contribution in [1.82, 2.24) is 4.90 Å². The zero-order valence-electron chi connectivity index (χ0n) is 10.1. The van der Waals surface area contributed by atoms with E-state index in [9.17, 15) is 4.79 Å². The van der Waals surface area contributed by atoms with E-state index in [0.717, 1.165) is 5.75 Å². The fraction of sp³-hybridized carbons (Fsp3) is 0.417. The zero-order valence-corrected chi connectivity index (χ0v) is 12.4. The molecule has 0 saturated carbocycles. The summed E-state index contributed by atoms with van der Waals surface area (Å²) in [6.45, 7) is 4.08. The molecular weight excluding hydrogens is 291 g/mol. The minimum atomic E-state index is -0.0987. The highest BCUT2D eigenvalue weighted by atomic mass is 35.5. The van der Waals surface area contributed by atoms with E-state index < -0.39 is 0 Å². The van der Waals surface area contributed by atoms with Crippen LogP contribution in [0.15, 0.2) is 18.2 Å². The smallest absolute Gasteiger partial charge is 0.309 e. The predicted octanol–water partition coefficient (Wildman–Crippen LogP) is 4.31. The minimum absolute atomic E-state index is 0.0987. The number of amides is 2. The predicted molar refractivity (Wildman–Crippen MR) is 78.7 cm³/mol. The van der Waals surface area contributed by atoms with E-state index in [2.05, 4.69) is 5.32 Å². The number of hydrogen-bond donors (Lipinski definition) is 1. The van der Waals surface area contributed by atoms with Gasteiger partial charge in [0.2, 0.25) is 0 Å². The van der Waals surface area contributed by atoms with E-state index >= 15 is 0 Å². The monoisotopic (exact) mass is 304 g/mol. The molecule has 2 rings (SSSR count). The molecule has 18 heavy (non-hydrogen) atoms. The Balaban J connectivity index is 2.09. The summed E-state index contributed by atoms with van der Waals surface area (Å²) in [5, 5.41) is 3.96. The molecule has 1 aromatic carbocycles. The van der Waals surface area contributed by atoms with Gasteiger partial charge in [-0.3, -0.25) is 0 Å². The number of rotatable bonds is 1. The summed E-state index contributed by atoms with van der Waals surface area (Å²) in [6.07, 6.45) is 0. The third-order valence-electron chi connectivity index (χ3n) is 2.85. The lowest BCUT2D eigenvalue weighted by Crippen LogP contribution is -2.41. The van der Waals surface area contributed by atoms with Crippen LogP contribution in [0.3, 0.4) is 0 Å². The van der Waals surface area contributed by atoms with Crippen LogP contribution in [-0.2, 0) is 0 Å². The lowest BCUT2D eigenvalue weighted by Gasteiger charge is -2.25. The molecule has 1 aromatic rings. The molecule has 1 fully saturated rings. The molecule has 6 heteroatoms. The van der Waals surface area contributed by atoms with E-state index in [4.69, 9.17) is 23.2 Å². The summed E-state index contributed by atoms with van der Waals surface area (Å²) >= 11 is 13.5. The number of nitrogens with one attached hydrogen (secondary N) is 1. The zero-order chi connectivity index (χ0) is 13.3. The number of nitrogens with zero attached hydrogens (tertiary/aromatic N) is 1. The average molecular weight is 305 g/mol. The molecule has 1 aliphatic rings. The quantitative estimate of drug-likeness (QED) is 0.838. The second-order valence-electron chi connectivity index (χ2n) is 4.25. The summed E-state index contributed by atoms with van der Waals surface area (Å²) in [7, 11) is 0. The van der Waals surface area contributed by atoms with Gasteiger partial charge in [-0.15, -0.1) is 11.8 Å². The number of hydrogen-bond acceptors (Lipinski definition) is 2. The molecule has 0 bridgehead atoms. The third-order valence-corrected chi connectivity index (χ3v) is 4.97. The van der Waals surface area contributed by atoms with Crippen LogP contribution >= 0.6 is 35.0 Å². The second kappa shape index (κ2) is 5.59. The highest BCUT2D eigenvalue weighted by molar-refractivity contribution is 8.00. The first kappa shape index (κ1) is 13.8. The van der Waals surface area contributed by atoms with Gasteiger partial charge in [0, 0.05) is 17.5 Å². The first-order chi connectivity index (χ1) is 8.49. The van der Waals surface area contributed by atoms with Crippen LogP contribution in [0.5, 0.6) is 0 Å². The number of anilines is 1. The van der Waals surface area contributed by atoms with Crippen molar-refractivity contribution in [2.24, 2.45) is 0 Å². The van der Waals surface area contributed by atoms with Crippen molar-refractivity contribution in [3.63, 3.8) is 0 Å². The van der Waals surface area contributed by atoms with Gasteiger partial charge in [0.05, 0.1) is 15.4 Å². The maximum Gasteiger partial charge on any atom is 0.323 e. The number of urea groups is 1. The van der Waals surface area contributed by atoms with Gasteiger partial charge in [0.15, 0.2) is 0 Å². The molecule has 1 aliphatic heterocycles. The van der Waals surface area contributed by atoms with Crippen molar-refractivity contribution in [3.05, 3.63) is 28.2 Å². The summed E-state index contributed by atoms with van der Waals surface area (Å²) in [5.41, 5.74) is 0.658. The first-order valence-corrected chi connectivity index (χ1v) is 7.45. The van der Waals surface area contributed by atoms with Crippen LogP contribution in [0.2, 0.25) is 10.0 Å². The molecule has 1 heterocycles. The van der Waals surface area contributed by atoms with Crippen molar-refractivity contribution in [1.29, 1.82) is 0 Å². The summed E-state index contributed by atoms with van der Waals surface area (Å²) in [5.74, 6) is 0.968. The third kappa shape index (κ3) is 2.87. The number of halogens is 2. The summed E-state index contributed by atoms with van der Waals surface area (Å²) in [4.78, 5) is 14.0. The Morgan fingerprint density at radius 2 is 2.11 bits per heavy atom. The van der Waals surface area contributed by atoms with E-state index in [-0.39, 0.29) is 17.4 Å². The summed E-state index contributed by atoms with van der Waals surface area (Å²) < 4.78 is 0. The topological polar surface area (TPSA) is 32.3 Å². The van der Waals surface area contributed by atoms with Gasteiger partial charge in [-0.25, -0.2) is 4.79 Å². The Bertz CT molecular complexity index is 459. The van der Waals surface area contributed by atoms with Gasteiger partial charge in [-0.2, -0.15) is 0 Å². The van der Waals surface area contributed by atoms with Gasteiger partial charge in [-0.05, 0) is 32.0 Å². The van der Waals surface area contributed by atoms with Crippen LogP contribution in [0.25, 0.3) is 0 Å². The molecule has 1 saturated heterocycles. The van der Waals surface area contributed by atoms with Crippen LogP contribution < -0.4 is 5.32 Å². The van der Waals surface area contributed by atoms with E-state index in [1.54, 1.807) is 30.0 Å². The molecule has 98 valence electrons. The van der Waals surface area contributed by atoms with Gasteiger partial charge < -0.3 is 10.2 Å². The van der Waals surface area contributed by atoms with E-state index in [1.807, 2.05) is 18.7 Å². The Hall–Kier alpha value is -0.580. The Morgan fingerprint density at radius 3 is 2.67 bits per heavy atom. The van der Waals surface area contributed by atoms with Crippen LogP contribution in [0.1, 0.15) is 13.8 Å². The molecule has 0 aliphatic carbocycles. The average Bonchev–Trinajstić information content (AvgIpc) is 2.64. The van der Waals surface area contributed by atoms with Crippen molar-refractivity contribution >= 4 is 46.7 Å². The van der Waals surface area contributed by atoms with Crippen LogP contribution in [0, 0.1) is 0 Å². The molecule has 0 radical (unpaired) electrons. The molecule has 1 N–H and O–H groups in total. The molecule has 0 spiro atoms. The molecule has 2 unspecified atom stereocenters. The lowest BCUT2D eigenvalue weighted by atomic mass is 10.3. The molecule has 2 amide bonds. The fourth-order valence-electron chi connectivity index (χ4n) is 1.92. The highest BCUT2D eigenvalue weighted by Crippen LogP contribution is 2.30. The molecule has 3 nitrogen and oxygen atoms in total. The number of carbonyl (C=O) groups excluding carboxylic acids is 1. The largest absolute Gasteiger partial charge is 0.323 e. The maximum absolute atomic E-state index is 12.2. The highest BCUT2D eigenvalue weighted by Gasteiger charge is 2.31.